The van der Waals surface area contributed by atoms with Crippen LogP contribution in [0.1, 0.15) is 5.56 Å². The Bertz CT molecular complexity index is 447. The normalized spacial score (nSPS) is 17.9. The first kappa shape index (κ1) is 9.59. The maximum atomic E-state index is 5.80. The van der Waals surface area contributed by atoms with Crippen LogP contribution >= 0.6 is 11.3 Å². The summed E-state index contributed by atoms with van der Waals surface area (Å²) in [6.45, 7) is 0.768. The number of anilines is 1. The molecule has 1 aromatic heterocycles. The zero-order valence-corrected chi connectivity index (χ0v) is 9.41. The molecular formula is C11H11N3OS. The maximum Gasteiger partial charge on any atom is 0.205 e. The Morgan fingerprint density at radius 2 is 2.38 bits per heavy atom. The maximum absolute atomic E-state index is 5.80. The second-order valence-electron chi connectivity index (χ2n) is 3.68. The summed E-state index contributed by atoms with van der Waals surface area (Å²) in [4.78, 5) is 0. The minimum Gasteiger partial charge on any atom is -0.488 e. The first-order chi connectivity index (χ1) is 7.92. The lowest BCUT2D eigenvalue weighted by Gasteiger charge is -2.10. The van der Waals surface area contributed by atoms with Crippen LogP contribution in [0.3, 0.4) is 0 Å². The molecule has 0 amide bonds. The van der Waals surface area contributed by atoms with E-state index in [0.29, 0.717) is 0 Å². The van der Waals surface area contributed by atoms with Gasteiger partial charge in [0, 0.05) is 6.42 Å². The lowest BCUT2D eigenvalue weighted by Crippen LogP contribution is -2.23. The van der Waals surface area contributed by atoms with Crippen LogP contribution in [0.4, 0.5) is 5.13 Å². The number of rotatable bonds is 3. The zero-order valence-electron chi connectivity index (χ0n) is 8.59. The number of nitrogens with one attached hydrogen (secondary N) is 1. The van der Waals surface area contributed by atoms with Crippen molar-refractivity contribution in [2.45, 2.75) is 12.5 Å². The van der Waals surface area contributed by atoms with Crippen LogP contribution in [0.5, 0.6) is 5.75 Å². The Labute approximate surface area is 97.3 Å². The van der Waals surface area contributed by atoms with E-state index >= 15 is 0 Å². The van der Waals surface area contributed by atoms with Crippen molar-refractivity contribution in [3.05, 3.63) is 35.3 Å². The van der Waals surface area contributed by atoms with Crippen molar-refractivity contribution in [1.82, 2.24) is 10.2 Å². The van der Waals surface area contributed by atoms with Gasteiger partial charge >= 0.3 is 0 Å². The molecule has 1 unspecified atom stereocenters. The van der Waals surface area contributed by atoms with E-state index in [4.69, 9.17) is 4.74 Å². The van der Waals surface area contributed by atoms with Gasteiger partial charge in [0.25, 0.3) is 0 Å². The molecule has 2 aromatic rings. The van der Waals surface area contributed by atoms with Crippen LogP contribution < -0.4 is 10.1 Å². The highest BCUT2D eigenvalue weighted by Gasteiger charge is 2.21. The van der Waals surface area contributed by atoms with E-state index in [1.165, 1.54) is 16.9 Å². The highest BCUT2D eigenvalue weighted by atomic mass is 32.1. The molecule has 0 fully saturated rings. The summed E-state index contributed by atoms with van der Waals surface area (Å²) < 4.78 is 5.80. The standard InChI is InChI=1S/C11H11N3OS/c1-2-4-10-8(3-1)5-9(15-10)6-12-11-14-13-7-16-11/h1-4,7,9H,5-6H2,(H,12,14). The molecule has 0 radical (unpaired) electrons. The van der Waals surface area contributed by atoms with Crippen molar-refractivity contribution in [2.24, 2.45) is 0 Å². The fraction of sp³-hybridized carbons (Fsp3) is 0.273. The number of nitrogens with zero attached hydrogens (tertiary/aromatic N) is 2. The van der Waals surface area contributed by atoms with Gasteiger partial charge in [-0.25, -0.2) is 0 Å². The largest absolute Gasteiger partial charge is 0.488 e. The van der Waals surface area contributed by atoms with Gasteiger partial charge in [-0.15, -0.1) is 10.2 Å². The van der Waals surface area contributed by atoms with Crippen LogP contribution in [-0.2, 0) is 6.42 Å². The van der Waals surface area contributed by atoms with Crippen molar-refractivity contribution in [3.63, 3.8) is 0 Å². The van der Waals surface area contributed by atoms with Gasteiger partial charge in [-0.3, -0.25) is 0 Å². The topological polar surface area (TPSA) is 47.0 Å². The van der Waals surface area contributed by atoms with Gasteiger partial charge in [-0.1, -0.05) is 29.5 Å². The van der Waals surface area contributed by atoms with Gasteiger partial charge in [0.1, 0.15) is 17.4 Å². The number of ether oxygens (including phenoxy) is 1. The molecule has 5 heteroatoms. The van der Waals surface area contributed by atoms with Crippen LogP contribution in [0.15, 0.2) is 29.8 Å². The fourth-order valence-electron chi connectivity index (χ4n) is 1.82. The average Bonchev–Trinajstić information content (AvgIpc) is 2.95. The number of hydrogen-bond donors (Lipinski definition) is 1. The molecule has 1 aliphatic rings. The predicted octanol–water partition coefficient (Wildman–Crippen LogP) is 1.95. The van der Waals surface area contributed by atoms with E-state index in [1.807, 2.05) is 18.2 Å². The van der Waals surface area contributed by atoms with Gasteiger partial charge in [0.15, 0.2) is 0 Å². The monoisotopic (exact) mass is 233 g/mol. The Hall–Kier alpha value is -1.62. The predicted molar refractivity (Wildman–Crippen MR) is 63.0 cm³/mol. The third kappa shape index (κ3) is 1.86. The first-order valence-corrected chi connectivity index (χ1v) is 6.04. The van der Waals surface area contributed by atoms with E-state index in [2.05, 4.69) is 21.6 Å². The molecule has 16 heavy (non-hydrogen) atoms. The van der Waals surface area contributed by atoms with Crippen LogP contribution in [0.2, 0.25) is 0 Å². The van der Waals surface area contributed by atoms with E-state index in [0.717, 1.165) is 23.8 Å². The Morgan fingerprint density at radius 3 is 3.19 bits per heavy atom. The van der Waals surface area contributed by atoms with Crippen LogP contribution in [0.25, 0.3) is 0 Å². The highest BCUT2D eigenvalue weighted by Crippen LogP contribution is 2.28. The molecule has 82 valence electrons. The number of aromatic nitrogens is 2. The molecule has 1 aliphatic heterocycles. The van der Waals surface area contributed by atoms with E-state index in [-0.39, 0.29) is 6.10 Å². The van der Waals surface area contributed by atoms with Gasteiger partial charge in [-0.2, -0.15) is 0 Å². The van der Waals surface area contributed by atoms with Gasteiger partial charge in [-0.05, 0) is 11.6 Å². The molecule has 0 spiro atoms. The molecule has 1 N–H and O–H groups in total. The summed E-state index contributed by atoms with van der Waals surface area (Å²) >= 11 is 1.50. The fourth-order valence-corrected chi connectivity index (χ4v) is 2.27. The van der Waals surface area contributed by atoms with Crippen molar-refractivity contribution in [3.8, 4) is 5.75 Å². The van der Waals surface area contributed by atoms with E-state index in [9.17, 15) is 0 Å². The molecule has 2 heterocycles. The SMILES string of the molecule is c1ccc2c(c1)CC(CNc1nncs1)O2. The van der Waals surface area contributed by atoms with Crippen molar-refractivity contribution >= 4 is 16.5 Å². The van der Waals surface area contributed by atoms with Crippen molar-refractivity contribution in [2.75, 3.05) is 11.9 Å². The Morgan fingerprint density at radius 1 is 1.44 bits per heavy atom. The zero-order chi connectivity index (χ0) is 10.8. The quantitative estimate of drug-likeness (QED) is 0.880. The summed E-state index contributed by atoms with van der Waals surface area (Å²) in [5.74, 6) is 1.01. The average molecular weight is 233 g/mol. The lowest BCUT2D eigenvalue weighted by molar-refractivity contribution is 0.246. The molecule has 0 aliphatic carbocycles. The number of fused-ring (bicyclic) bond motifs is 1. The smallest absolute Gasteiger partial charge is 0.205 e. The highest BCUT2D eigenvalue weighted by molar-refractivity contribution is 7.13. The van der Waals surface area contributed by atoms with E-state index in [1.54, 1.807) is 5.51 Å². The Kier molecular flexibility index (Phi) is 2.46. The molecule has 1 atom stereocenters. The minimum atomic E-state index is 0.196. The number of hydrogen-bond acceptors (Lipinski definition) is 5. The summed E-state index contributed by atoms with van der Waals surface area (Å²) in [6.07, 6.45) is 1.16. The minimum absolute atomic E-state index is 0.196. The van der Waals surface area contributed by atoms with Gasteiger partial charge in [0.05, 0.1) is 6.54 Å². The number of para-hydroxylation sites is 1. The van der Waals surface area contributed by atoms with Crippen LogP contribution in [-0.4, -0.2) is 22.8 Å². The summed E-state index contributed by atoms with van der Waals surface area (Å²) in [7, 11) is 0. The van der Waals surface area contributed by atoms with Gasteiger partial charge in [0.2, 0.25) is 5.13 Å². The van der Waals surface area contributed by atoms with Crippen LogP contribution in [0, 0.1) is 0 Å². The molecule has 4 nitrogen and oxygen atoms in total. The summed E-state index contributed by atoms with van der Waals surface area (Å²) in [6, 6.07) is 8.17. The second kappa shape index (κ2) is 4.09. The molecule has 1 aromatic carbocycles. The summed E-state index contributed by atoms with van der Waals surface area (Å²) in [5, 5.41) is 11.8. The molecule has 0 saturated carbocycles. The molecule has 0 bridgehead atoms. The second-order valence-corrected chi connectivity index (χ2v) is 4.51. The third-order valence-electron chi connectivity index (χ3n) is 2.55. The van der Waals surface area contributed by atoms with Crippen molar-refractivity contribution in [1.29, 1.82) is 0 Å². The molecule has 0 saturated heterocycles. The van der Waals surface area contributed by atoms with E-state index < -0.39 is 0 Å². The molecule has 3 rings (SSSR count). The number of benzene rings is 1. The Balaban J connectivity index is 1.60. The third-order valence-corrected chi connectivity index (χ3v) is 3.20. The lowest BCUT2D eigenvalue weighted by atomic mass is 10.1. The van der Waals surface area contributed by atoms with Gasteiger partial charge < -0.3 is 10.1 Å². The first-order valence-electron chi connectivity index (χ1n) is 5.16. The molecular weight excluding hydrogens is 222 g/mol. The summed E-state index contributed by atoms with van der Waals surface area (Å²) in [5.41, 5.74) is 3.00. The van der Waals surface area contributed by atoms with Crippen molar-refractivity contribution < 1.29 is 4.74 Å².